The van der Waals surface area contributed by atoms with E-state index < -0.39 is 10.0 Å². The second kappa shape index (κ2) is 5.65. The number of nitrogens with one attached hydrogen (secondary N) is 1. The Balaban J connectivity index is 2.80. The molecular weight excluding hydrogens is 292 g/mol. The molecule has 0 amide bonds. The van der Waals surface area contributed by atoms with Gasteiger partial charge in [0, 0.05) is 4.47 Å². The lowest BCUT2D eigenvalue weighted by Gasteiger charge is -2.10. The average Bonchev–Trinajstić information content (AvgIpc) is 2.19. The number of halogens is 1. The summed E-state index contributed by atoms with van der Waals surface area (Å²) in [7, 11) is -3.28. The number of sulfonamides is 1. The summed E-state index contributed by atoms with van der Waals surface area (Å²) < 4.78 is 26.7. The normalized spacial score (nSPS) is 11.4. The molecule has 0 aromatic heterocycles. The standard InChI is InChI=1S/C10H15BrN2O2S/c1-8-7-9(11)3-4-10(8)13-16(14,15)6-2-5-12/h3-4,7,13H,2,5-6,12H2,1H3. The van der Waals surface area contributed by atoms with Crippen molar-refractivity contribution in [3.05, 3.63) is 28.2 Å². The van der Waals surface area contributed by atoms with E-state index in [2.05, 4.69) is 20.7 Å². The van der Waals surface area contributed by atoms with Crippen molar-refractivity contribution in [2.24, 2.45) is 5.73 Å². The van der Waals surface area contributed by atoms with Crippen molar-refractivity contribution in [3.8, 4) is 0 Å². The van der Waals surface area contributed by atoms with Crippen LogP contribution in [0.3, 0.4) is 0 Å². The van der Waals surface area contributed by atoms with Crippen LogP contribution in [0.15, 0.2) is 22.7 Å². The van der Waals surface area contributed by atoms with E-state index in [1.807, 2.05) is 13.0 Å². The second-order valence-electron chi connectivity index (χ2n) is 3.52. The van der Waals surface area contributed by atoms with E-state index in [1.54, 1.807) is 12.1 Å². The summed E-state index contributed by atoms with van der Waals surface area (Å²) in [4.78, 5) is 0. The zero-order valence-corrected chi connectivity index (χ0v) is 11.4. The Hall–Kier alpha value is -0.590. The number of anilines is 1. The lowest BCUT2D eigenvalue weighted by atomic mass is 10.2. The topological polar surface area (TPSA) is 72.2 Å². The lowest BCUT2D eigenvalue weighted by molar-refractivity contribution is 0.598. The molecule has 0 radical (unpaired) electrons. The van der Waals surface area contributed by atoms with Crippen LogP contribution in [-0.4, -0.2) is 20.7 Å². The van der Waals surface area contributed by atoms with Gasteiger partial charge in [0.05, 0.1) is 11.4 Å². The molecule has 0 heterocycles. The average molecular weight is 307 g/mol. The molecule has 0 unspecified atom stereocenters. The largest absolute Gasteiger partial charge is 0.330 e. The van der Waals surface area contributed by atoms with Gasteiger partial charge in [-0.3, -0.25) is 4.72 Å². The minimum Gasteiger partial charge on any atom is -0.330 e. The molecule has 0 fully saturated rings. The SMILES string of the molecule is Cc1cc(Br)ccc1NS(=O)(=O)CCCN. The number of hydrogen-bond acceptors (Lipinski definition) is 3. The van der Waals surface area contributed by atoms with Gasteiger partial charge in [-0.15, -0.1) is 0 Å². The monoisotopic (exact) mass is 306 g/mol. The highest BCUT2D eigenvalue weighted by Crippen LogP contribution is 2.21. The Kier molecular flexibility index (Phi) is 4.76. The van der Waals surface area contributed by atoms with Crippen LogP contribution in [0.2, 0.25) is 0 Å². The number of hydrogen-bond donors (Lipinski definition) is 2. The summed E-state index contributed by atoms with van der Waals surface area (Å²) in [6, 6.07) is 5.40. The van der Waals surface area contributed by atoms with E-state index in [0.29, 0.717) is 18.7 Å². The molecule has 1 rings (SSSR count). The molecule has 0 atom stereocenters. The van der Waals surface area contributed by atoms with Crippen LogP contribution in [0.1, 0.15) is 12.0 Å². The fraction of sp³-hybridized carbons (Fsp3) is 0.400. The Morgan fingerprint density at radius 3 is 2.69 bits per heavy atom. The predicted molar refractivity (Wildman–Crippen MR) is 70.0 cm³/mol. The van der Waals surface area contributed by atoms with Crippen LogP contribution in [0.25, 0.3) is 0 Å². The number of aryl methyl sites for hydroxylation is 1. The van der Waals surface area contributed by atoms with Crippen molar-refractivity contribution in [1.82, 2.24) is 0 Å². The second-order valence-corrected chi connectivity index (χ2v) is 6.28. The van der Waals surface area contributed by atoms with Crippen molar-refractivity contribution in [2.75, 3.05) is 17.0 Å². The summed E-state index contributed by atoms with van der Waals surface area (Å²) in [5, 5.41) is 0. The molecule has 6 heteroatoms. The first kappa shape index (κ1) is 13.5. The summed E-state index contributed by atoms with van der Waals surface area (Å²) in [5.41, 5.74) is 6.77. The first-order valence-electron chi connectivity index (χ1n) is 4.91. The molecule has 4 nitrogen and oxygen atoms in total. The van der Waals surface area contributed by atoms with Gasteiger partial charge in [-0.25, -0.2) is 8.42 Å². The highest BCUT2D eigenvalue weighted by molar-refractivity contribution is 9.10. The highest BCUT2D eigenvalue weighted by atomic mass is 79.9. The van der Waals surface area contributed by atoms with E-state index in [4.69, 9.17) is 5.73 Å². The van der Waals surface area contributed by atoms with Crippen molar-refractivity contribution >= 4 is 31.6 Å². The molecule has 0 spiro atoms. The van der Waals surface area contributed by atoms with Crippen LogP contribution < -0.4 is 10.5 Å². The number of rotatable bonds is 5. The van der Waals surface area contributed by atoms with Crippen LogP contribution in [0.4, 0.5) is 5.69 Å². The minimum atomic E-state index is -3.28. The quantitative estimate of drug-likeness (QED) is 0.872. The molecule has 0 saturated carbocycles. The van der Waals surface area contributed by atoms with E-state index in [0.717, 1.165) is 10.0 Å². The van der Waals surface area contributed by atoms with Gasteiger partial charge in [0.1, 0.15) is 0 Å². The molecule has 0 aliphatic rings. The first-order chi connectivity index (χ1) is 7.44. The maximum absolute atomic E-state index is 11.6. The van der Waals surface area contributed by atoms with Crippen molar-refractivity contribution in [3.63, 3.8) is 0 Å². The summed E-state index contributed by atoms with van der Waals surface area (Å²) >= 11 is 3.32. The zero-order valence-electron chi connectivity index (χ0n) is 9.03. The van der Waals surface area contributed by atoms with Gasteiger partial charge in [-0.2, -0.15) is 0 Å². The molecule has 1 aromatic rings. The first-order valence-corrected chi connectivity index (χ1v) is 7.36. The van der Waals surface area contributed by atoms with E-state index in [9.17, 15) is 8.42 Å². The van der Waals surface area contributed by atoms with E-state index in [-0.39, 0.29) is 5.75 Å². The van der Waals surface area contributed by atoms with Crippen LogP contribution >= 0.6 is 15.9 Å². The fourth-order valence-corrected chi connectivity index (χ4v) is 2.92. The molecule has 16 heavy (non-hydrogen) atoms. The van der Waals surface area contributed by atoms with Gasteiger partial charge < -0.3 is 5.73 Å². The fourth-order valence-electron chi connectivity index (χ4n) is 1.23. The van der Waals surface area contributed by atoms with Gasteiger partial charge in [-0.1, -0.05) is 15.9 Å². The smallest absolute Gasteiger partial charge is 0.232 e. The van der Waals surface area contributed by atoms with E-state index >= 15 is 0 Å². The Morgan fingerprint density at radius 1 is 1.44 bits per heavy atom. The summed E-state index contributed by atoms with van der Waals surface area (Å²) in [6.07, 6.45) is 0.463. The third-order valence-corrected chi connectivity index (χ3v) is 3.92. The van der Waals surface area contributed by atoms with Crippen LogP contribution in [0, 0.1) is 6.92 Å². The molecule has 0 bridgehead atoms. The predicted octanol–water partition coefficient (Wildman–Crippen LogP) is 1.85. The lowest BCUT2D eigenvalue weighted by Crippen LogP contribution is -2.19. The van der Waals surface area contributed by atoms with Crippen molar-refractivity contribution in [1.29, 1.82) is 0 Å². The summed E-state index contributed by atoms with van der Waals surface area (Å²) in [5.74, 6) is 0.0546. The van der Waals surface area contributed by atoms with Gasteiger partial charge >= 0.3 is 0 Å². The third kappa shape index (κ3) is 4.11. The Bertz CT molecular complexity index is 460. The maximum atomic E-state index is 11.6. The van der Waals surface area contributed by atoms with Gasteiger partial charge in [-0.05, 0) is 43.7 Å². The zero-order chi connectivity index (χ0) is 12.2. The molecule has 1 aromatic carbocycles. The van der Waals surface area contributed by atoms with Gasteiger partial charge in [0.2, 0.25) is 10.0 Å². The number of nitrogens with two attached hydrogens (primary N) is 1. The van der Waals surface area contributed by atoms with Crippen LogP contribution in [-0.2, 0) is 10.0 Å². The van der Waals surface area contributed by atoms with Crippen LogP contribution in [0.5, 0.6) is 0 Å². The molecule has 90 valence electrons. The van der Waals surface area contributed by atoms with Gasteiger partial charge in [0.25, 0.3) is 0 Å². The number of benzene rings is 1. The third-order valence-electron chi connectivity index (χ3n) is 2.07. The Labute approximate surface area is 104 Å². The summed E-state index contributed by atoms with van der Waals surface area (Å²) in [6.45, 7) is 2.23. The van der Waals surface area contributed by atoms with Crippen molar-refractivity contribution in [2.45, 2.75) is 13.3 Å². The van der Waals surface area contributed by atoms with E-state index in [1.165, 1.54) is 0 Å². The molecule has 0 aliphatic heterocycles. The Morgan fingerprint density at radius 2 is 2.12 bits per heavy atom. The molecule has 3 N–H and O–H groups in total. The maximum Gasteiger partial charge on any atom is 0.232 e. The van der Waals surface area contributed by atoms with Gasteiger partial charge in [0.15, 0.2) is 0 Å². The minimum absolute atomic E-state index is 0.0546. The molecule has 0 saturated heterocycles. The highest BCUT2D eigenvalue weighted by Gasteiger charge is 2.10. The van der Waals surface area contributed by atoms with Crippen molar-refractivity contribution < 1.29 is 8.42 Å². The molecular formula is C10H15BrN2O2S. The molecule has 0 aliphatic carbocycles.